The molecule has 1 aliphatic rings. The fourth-order valence-electron chi connectivity index (χ4n) is 2.75. The Morgan fingerprint density at radius 2 is 2.25 bits per heavy atom. The molecule has 1 aromatic heterocycles. The number of carbonyl (C=O) groups is 1. The number of hydrogen-bond donors (Lipinski definition) is 0. The molecular formula is C16H18N2O2. The van der Waals surface area contributed by atoms with Gasteiger partial charge in [-0.3, -0.25) is 9.48 Å². The number of rotatable bonds is 4. The van der Waals surface area contributed by atoms with Gasteiger partial charge >= 0.3 is 0 Å². The molecule has 4 heteroatoms. The van der Waals surface area contributed by atoms with E-state index < -0.39 is 0 Å². The molecule has 2 heterocycles. The minimum absolute atomic E-state index is 0.0202. The number of para-hydroxylation sites is 1. The Kier molecular flexibility index (Phi) is 3.54. The van der Waals surface area contributed by atoms with Crippen molar-refractivity contribution in [3.8, 4) is 5.75 Å². The number of ketones is 1. The monoisotopic (exact) mass is 270 g/mol. The lowest BCUT2D eigenvalue weighted by Gasteiger charge is -2.24. The van der Waals surface area contributed by atoms with E-state index in [0.29, 0.717) is 18.8 Å². The SMILES string of the molecule is Cn1nccc1CCC(=O)C1CCOc2ccccc21. The molecule has 0 saturated heterocycles. The van der Waals surface area contributed by atoms with E-state index in [9.17, 15) is 4.79 Å². The number of Topliss-reactive ketones (excluding diaryl/α,β-unsaturated/α-hetero) is 1. The molecule has 20 heavy (non-hydrogen) atoms. The first-order valence-corrected chi connectivity index (χ1v) is 6.97. The van der Waals surface area contributed by atoms with Crippen LogP contribution in [0.2, 0.25) is 0 Å². The van der Waals surface area contributed by atoms with Crippen LogP contribution in [-0.4, -0.2) is 22.2 Å². The Morgan fingerprint density at radius 3 is 3.05 bits per heavy atom. The van der Waals surface area contributed by atoms with Crippen LogP contribution in [0.15, 0.2) is 36.5 Å². The van der Waals surface area contributed by atoms with Crippen LogP contribution in [-0.2, 0) is 18.3 Å². The number of ether oxygens (including phenoxy) is 1. The van der Waals surface area contributed by atoms with Crippen molar-refractivity contribution >= 4 is 5.78 Å². The molecule has 0 saturated carbocycles. The first-order valence-electron chi connectivity index (χ1n) is 6.97. The van der Waals surface area contributed by atoms with Gasteiger partial charge in [0.2, 0.25) is 0 Å². The van der Waals surface area contributed by atoms with E-state index >= 15 is 0 Å². The second-order valence-electron chi connectivity index (χ2n) is 5.14. The van der Waals surface area contributed by atoms with E-state index in [1.165, 1.54) is 0 Å². The molecule has 1 aromatic carbocycles. The van der Waals surface area contributed by atoms with Gasteiger partial charge in [-0.1, -0.05) is 18.2 Å². The molecule has 1 aliphatic heterocycles. The minimum Gasteiger partial charge on any atom is -0.493 e. The summed E-state index contributed by atoms with van der Waals surface area (Å²) in [5.74, 6) is 1.13. The van der Waals surface area contributed by atoms with Crippen molar-refractivity contribution in [2.45, 2.75) is 25.2 Å². The van der Waals surface area contributed by atoms with Crippen LogP contribution in [0.25, 0.3) is 0 Å². The molecule has 0 bridgehead atoms. The van der Waals surface area contributed by atoms with Gasteiger partial charge in [0.1, 0.15) is 11.5 Å². The van der Waals surface area contributed by atoms with Gasteiger partial charge in [-0.25, -0.2) is 0 Å². The van der Waals surface area contributed by atoms with Gasteiger partial charge in [0, 0.05) is 36.8 Å². The lowest BCUT2D eigenvalue weighted by Crippen LogP contribution is -2.21. The summed E-state index contributed by atoms with van der Waals surface area (Å²) in [6, 6.07) is 9.82. The van der Waals surface area contributed by atoms with Gasteiger partial charge in [-0.2, -0.15) is 5.10 Å². The summed E-state index contributed by atoms with van der Waals surface area (Å²) in [7, 11) is 1.91. The second-order valence-corrected chi connectivity index (χ2v) is 5.14. The molecule has 0 aliphatic carbocycles. The minimum atomic E-state index is -0.0202. The maximum absolute atomic E-state index is 12.5. The number of benzene rings is 1. The van der Waals surface area contributed by atoms with Crippen LogP contribution in [0.4, 0.5) is 0 Å². The summed E-state index contributed by atoms with van der Waals surface area (Å²) in [6.45, 7) is 0.624. The molecular weight excluding hydrogens is 252 g/mol. The Balaban J connectivity index is 1.71. The standard InChI is InChI=1S/C16H18N2O2/c1-18-12(8-10-17-18)6-7-15(19)13-9-11-20-16-5-3-2-4-14(13)16/h2-5,8,10,13H,6-7,9,11H2,1H3. The number of aryl methyl sites for hydroxylation is 2. The summed E-state index contributed by atoms with van der Waals surface area (Å²) in [5.41, 5.74) is 2.13. The summed E-state index contributed by atoms with van der Waals surface area (Å²) in [6.07, 6.45) is 3.85. The first kappa shape index (κ1) is 12.9. The van der Waals surface area contributed by atoms with Crippen molar-refractivity contribution in [3.05, 3.63) is 47.8 Å². The van der Waals surface area contributed by atoms with Crippen molar-refractivity contribution in [3.63, 3.8) is 0 Å². The fraction of sp³-hybridized carbons (Fsp3) is 0.375. The maximum atomic E-state index is 12.5. The lowest BCUT2D eigenvalue weighted by molar-refractivity contribution is -0.121. The van der Waals surface area contributed by atoms with E-state index in [1.54, 1.807) is 6.20 Å². The number of hydrogen-bond acceptors (Lipinski definition) is 3. The highest BCUT2D eigenvalue weighted by Crippen LogP contribution is 2.34. The molecule has 0 fully saturated rings. The zero-order valence-electron chi connectivity index (χ0n) is 11.6. The smallest absolute Gasteiger partial charge is 0.141 e. The van der Waals surface area contributed by atoms with Crippen LogP contribution in [0, 0.1) is 0 Å². The van der Waals surface area contributed by atoms with Crippen LogP contribution in [0.5, 0.6) is 5.75 Å². The van der Waals surface area contributed by atoms with Gasteiger partial charge < -0.3 is 4.74 Å². The predicted molar refractivity (Wildman–Crippen MR) is 75.8 cm³/mol. The predicted octanol–water partition coefficient (Wildman–Crippen LogP) is 2.49. The van der Waals surface area contributed by atoms with Crippen molar-refractivity contribution in [1.29, 1.82) is 0 Å². The summed E-state index contributed by atoms with van der Waals surface area (Å²) in [4.78, 5) is 12.5. The largest absolute Gasteiger partial charge is 0.493 e. The second kappa shape index (κ2) is 5.49. The lowest BCUT2D eigenvalue weighted by atomic mass is 9.87. The number of carbonyl (C=O) groups excluding carboxylic acids is 1. The van der Waals surface area contributed by atoms with E-state index in [1.807, 2.05) is 42.1 Å². The van der Waals surface area contributed by atoms with E-state index in [0.717, 1.165) is 29.8 Å². The topological polar surface area (TPSA) is 44.1 Å². The Labute approximate surface area is 118 Å². The normalized spacial score (nSPS) is 17.4. The molecule has 4 nitrogen and oxygen atoms in total. The van der Waals surface area contributed by atoms with Gasteiger partial charge in [-0.15, -0.1) is 0 Å². The Morgan fingerprint density at radius 1 is 1.40 bits per heavy atom. The van der Waals surface area contributed by atoms with Crippen LogP contribution >= 0.6 is 0 Å². The fourth-order valence-corrected chi connectivity index (χ4v) is 2.75. The first-order chi connectivity index (χ1) is 9.75. The third-order valence-electron chi connectivity index (χ3n) is 3.90. The van der Waals surface area contributed by atoms with Crippen molar-refractivity contribution in [2.75, 3.05) is 6.61 Å². The quantitative estimate of drug-likeness (QED) is 0.857. The zero-order valence-corrected chi connectivity index (χ0v) is 11.6. The van der Waals surface area contributed by atoms with E-state index in [-0.39, 0.29) is 5.92 Å². The third kappa shape index (κ3) is 2.46. The molecule has 0 amide bonds. The van der Waals surface area contributed by atoms with E-state index in [4.69, 9.17) is 4.74 Å². The Hall–Kier alpha value is -2.10. The molecule has 1 unspecified atom stereocenters. The molecule has 1 atom stereocenters. The highest BCUT2D eigenvalue weighted by atomic mass is 16.5. The maximum Gasteiger partial charge on any atom is 0.141 e. The Bertz CT molecular complexity index is 618. The summed E-state index contributed by atoms with van der Waals surface area (Å²) >= 11 is 0. The average molecular weight is 270 g/mol. The number of aromatic nitrogens is 2. The van der Waals surface area contributed by atoms with Gasteiger partial charge in [0.15, 0.2) is 0 Å². The molecule has 3 rings (SSSR count). The molecule has 0 spiro atoms. The van der Waals surface area contributed by atoms with Crippen LogP contribution < -0.4 is 4.74 Å². The van der Waals surface area contributed by atoms with Gasteiger partial charge in [0.25, 0.3) is 0 Å². The molecule has 0 radical (unpaired) electrons. The van der Waals surface area contributed by atoms with Crippen LogP contribution in [0.1, 0.15) is 30.0 Å². The van der Waals surface area contributed by atoms with E-state index in [2.05, 4.69) is 5.10 Å². The highest BCUT2D eigenvalue weighted by molar-refractivity contribution is 5.86. The highest BCUT2D eigenvalue weighted by Gasteiger charge is 2.26. The van der Waals surface area contributed by atoms with Crippen molar-refractivity contribution in [2.24, 2.45) is 7.05 Å². The van der Waals surface area contributed by atoms with Crippen molar-refractivity contribution < 1.29 is 9.53 Å². The number of nitrogens with zero attached hydrogens (tertiary/aromatic N) is 2. The van der Waals surface area contributed by atoms with Crippen molar-refractivity contribution in [1.82, 2.24) is 9.78 Å². The summed E-state index contributed by atoms with van der Waals surface area (Å²) < 4.78 is 7.43. The molecule has 0 N–H and O–H groups in total. The third-order valence-corrected chi connectivity index (χ3v) is 3.90. The average Bonchev–Trinajstić information content (AvgIpc) is 2.89. The molecule has 2 aromatic rings. The van der Waals surface area contributed by atoms with Gasteiger partial charge in [-0.05, 0) is 25.0 Å². The number of fused-ring (bicyclic) bond motifs is 1. The molecule has 104 valence electrons. The van der Waals surface area contributed by atoms with Crippen LogP contribution in [0.3, 0.4) is 0 Å². The zero-order chi connectivity index (χ0) is 13.9. The van der Waals surface area contributed by atoms with Gasteiger partial charge in [0.05, 0.1) is 6.61 Å². The summed E-state index contributed by atoms with van der Waals surface area (Å²) in [5, 5.41) is 4.13.